The van der Waals surface area contributed by atoms with Gasteiger partial charge in [0.05, 0.1) is 4.92 Å². The van der Waals surface area contributed by atoms with Crippen molar-refractivity contribution in [2.45, 2.75) is 32.6 Å². The van der Waals surface area contributed by atoms with Gasteiger partial charge in [-0.1, -0.05) is 25.5 Å². The van der Waals surface area contributed by atoms with Gasteiger partial charge in [0.1, 0.15) is 5.69 Å². The molecule has 0 saturated heterocycles. The fourth-order valence-corrected chi connectivity index (χ4v) is 2.54. The van der Waals surface area contributed by atoms with Gasteiger partial charge >= 0.3 is 5.69 Å². The molecule has 1 aliphatic heterocycles. The first-order chi connectivity index (χ1) is 10.0. The van der Waals surface area contributed by atoms with E-state index >= 15 is 0 Å². The normalized spacial score (nSPS) is 15.1. The molecule has 1 aliphatic rings. The summed E-state index contributed by atoms with van der Waals surface area (Å²) < 4.78 is 1.57. The Morgan fingerprint density at radius 2 is 2.33 bits per heavy atom. The molecule has 0 radical (unpaired) electrons. The Bertz CT molecular complexity index is 548. The van der Waals surface area contributed by atoms with Crippen molar-refractivity contribution >= 4 is 11.5 Å². The summed E-state index contributed by atoms with van der Waals surface area (Å²) in [5.41, 5.74) is 2.04. The summed E-state index contributed by atoms with van der Waals surface area (Å²) in [5, 5.41) is 22.1. The summed E-state index contributed by atoms with van der Waals surface area (Å²) in [5.74, 6) is 0.525. The maximum Gasteiger partial charge on any atom is 0.334 e. The predicted molar refractivity (Wildman–Crippen MR) is 82.6 cm³/mol. The van der Waals surface area contributed by atoms with Crippen LogP contribution in [0.15, 0.2) is 11.6 Å². The smallest absolute Gasteiger partial charge is 0.334 e. The predicted octanol–water partition coefficient (Wildman–Crippen LogP) is 2.17. The minimum Gasteiger partial charge on any atom is -0.364 e. The summed E-state index contributed by atoms with van der Waals surface area (Å²) in [7, 11) is 1.74. The van der Waals surface area contributed by atoms with E-state index in [1.807, 2.05) is 13.8 Å². The molecule has 1 aromatic rings. The monoisotopic (exact) mass is 293 g/mol. The van der Waals surface area contributed by atoms with E-state index < -0.39 is 0 Å². The van der Waals surface area contributed by atoms with Gasteiger partial charge < -0.3 is 10.6 Å². The van der Waals surface area contributed by atoms with Crippen molar-refractivity contribution in [1.29, 1.82) is 0 Å². The van der Waals surface area contributed by atoms with Crippen molar-refractivity contribution in [3.05, 3.63) is 27.5 Å². The number of hydrogen-bond acceptors (Lipinski definition) is 5. The molecule has 0 aliphatic carbocycles. The summed E-state index contributed by atoms with van der Waals surface area (Å²) in [4.78, 5) is 11.0. The molecule has 0 atom stereocenters. The van der Waals surface area contributed by atoms with Crippen LogP contribution in [-0.4, -0.2) is 34.3 Å². The van der Waals surface area contributed by atoms with E-state index in [1.54, 1.807) is 11.7 Å². The lowest BCUT2D eigenvalue weighted by molar-refractivity contribution is -0.384. The Labute approximate surface area is 124 Å². The molecule has 1 aromatic heterocycles. The quantitative estimate of drug-likeness (QED) is 0.477. The largest absolute Gasteiger partial charge is 0.364 e. The second-order valence-corrected chi connectivity index (χ2v) is 5.61. The van der Waals surface area contributed by atoms with Crippen molar-refractivity contribution in [2.24, 2.45) is 7.05 Å². The topological polar surface area (TPSA) is 85.0 Å². The fourth-order valence-electron chi connectivity index (χ4n) is 2.54. The van der Waals surface area contributed by atoms with Gasteiger partial charge in [0, 0.05) is 26.1 Å². The van der Waals surface area contributed by atoms with E-state index in [9.17, 15) is 10.1 Å². The molecule has 21 heavy (non-hydrogen) atoms. The molecular formula is C14H23N5O2. The van der Waals surface area contributed by atoms with Gasteiger partial charge in [-0.25, -0.2) is 4.68 Å². The Morgan fingerprint density at radius 1 is 1.57 bits per heavy atom. The molecule has 0 spiro atoms. The third-order valence-corrected chi connectivity index (χ3v) is 3.67. The second kappa shape index (κ2) is 6.71. The van der Waals surface area contributed by atoms with Crippen molar-refractivity contribution in [3.63, 3.8) is 0 Å². The summed E-state index contributed by atoms with van der Waals surface area (Å²) in [6, 6.07) is 0. The number of nitrogens with zero attached hydrogens (tertiary/aromatic N) is 3. The minimum atomic E-state index is -0.339. The number of anilines is 1. The molecule has 0 amide bonds. The van der Waals surface area contributed by atoms with Crippen LogP contribution >= 0.6 is 0 Å². The van der Waals surface area contributed by atoms with Gasteiger partial charge in [-0.05, 0) is 19.4 Å². The number of aryl methyl sites for hydroxylation is 1. The number of hydrogen-bond donors (Lipinski definition) is 2. The molecule has 0 saturated carbocycles. The first-order valence-electron chi connectivity index (χ1n) is 7.34. The van der Waals surface area contributed by atoms with Gasteiger partial charge in [-0.15, -0.1) is 0 Å². The van der Waals surface area contributed by atoms with Gasteiger partial charge in [0.25, 0.3) is 0 Å². The highest BCUT2D eigenvalue weighted by Gasteiger charge is 2.28. The molecule has 2 rings (SSSR count). The molecule has 7 heteroatoms. The molecule has 7 nitrogen and oxygen atoms in total. The summed E-state index contributed by atoms with van der Waals surface area (Å²) >= 11 is 0. The molecular weight excluding hydrogens is 270 g/mol. The number of nitro groups is 1. The van der Waals surface area contributed by atoms with E-state index in [0.29, 0.717) is 18.1 Å². The van der Waals surface area contributed by atoms with Crippen molar-refractivity contribution in [1.82, 2.24) is 15.1 Å². The van der Waals surface area contributed by atoms with Crippen LogP contribution in [0.25, 0.3) is 0 Å². The van der Waals surface area contributed by atoms with Crippen LogP contribution < -0.4 is 10.6 Å². The molecule has 2 N–H and O–H groups in total. The van der Waals surface area contributed by atoms with E-state index in [1.165, 1.54) is 5.57 Å². The zero-order chi connectivity index (χ0) is 15.4. The highest BCUT2D eigenvalue weighted by atomic mass is 16.6. The van der Waals surface area contributed by atoms with Gasteiger partial charge in [0.2, 0.25) is 5.82 Å². The lowest BCUT2D eigenvalue weighted by Gasteiger charge is -2.14. The first-order valence-corrected chi connectivity index (χ1v) is 7.34. The SMILES string of the molecule is CC(C)c1nn(C)c(NCCC2=CCNCC2)c1[N+](=O)[O-]. The lowest BCUT2D eigenvalue weighted by atomic mass is 10.1. The molecule has 2 heterocycles. The van der Waals surface area contributed by atoms with Crippen LogP contribution in [0.4, 0.5) is 11.5 Å². The second-order valence-electron chi connectivity index (χ2n) is 5.61. The van der Waals surface area contributed by atoms with Crippen LogP contribution in [0.1, 0.15) is 38.3 Å². The van der Waals surface area contributed by atoms with Crippen LogP contribution in [0, 0.1) is 10.1 Å². The van der Waals surface area contributed by atoms with Gasteiger partial charge in [0.15, 0.2) is 0 Å². The van der Waals surface area contributed by atoms with Crippen LogP contribution in [-0.2, 0) is 7.05 Å². The van der Waals surface area contributed by atoms with Crippen LogP contribution in [0.3, 0.4) is 0 Å². The molecule has 0 bridgehead atoms. The van der Waals surface area contributed by atoms with E-state index in [-0.39, 0.29) is 16.5 Å². The van der Waals surface area contributed by atoms with Gasteiger partial charge in [-0.3, -0.25) is 10.1 Å². The molecule has 0 aromatic carbocycles. The highest BCUT2D eigenvalue weighted by molar-refractivity contribution is 5.60. The maximum atomic E-state index is 11.3. The minimum absolute atomic E-state index is 0.0271. The van der Waals surface area contributed by atoms with Crippen molar-refractivity contribution in [3.8, 4) is 0 Å². The van der Waals surface area contributed by atoms with Crippen LogP contribution in [0.2, 0.25) is 0 Å². The molecule has 0 unspecified atom stereocenters. The zero-order valence-electron chi connectivity index (χ0n) is 12.8. The Balaban J connectivity index is 2.08. The zero-order valence-corrected chi connectivity index (χ0v) is 12.8. The van der Waals surface area contributed by atoms with Crippen molar-refractivity contribution in [2.75, 3.05) is 25.0 Å². The van der Waals surface area contributed by atoms with E-state index in [2.05, 4.69) is 21.8 Å². The molecule has 0 fully saturated rings. The summed E-state index contributed by atoms with van der Waals surface area (Å²) in [6.07, 6.45) is 4.15. The first kappa shape index (κ1) is 15.5. The third kappa shape index (κ3) is 3.60. The summed E-state index contributed by atoms with van der Waals surface area (Å²) in [6.45, 7) is 6.44. The Hall–Kier alpha value is -1.89. The Kier molecular flexibility index (Phi) is 4.95. The third-order valence-electron chi connectivity index (χ3n) is 3.67. The highest BCUT2D eigenvalue weighted by Crippen LogP contribution is 2.32. The maximum absolute atomic E-state index is 11.3. The van der Waals surface area contributed by atoms with Crippen molar-refractivity contribution < 1.29 is 4.92 Å². The average molecular weight is 293 g/mol. The fraction of sp³-hybridized carbons (Fsp3) is 0.643. The van der Waals surface area contributed by atoms with E-state index in [4.69, 9.17) is 0 Å². The Morgan fingerprint density at radius 3 is 2.90 bits per heavy atom. The van der Waals surface area contributed by atoms with Crippen LogP contribution in [0.5, 0.6) is 0 Å². The molecule has 116 valence electrons. The standard InChI is InChI=1S/C14H23N5O2/c1-10(2)12-13(19(20)21)14(18(3)17-12)16-9-6-11-4-7-15-8-5-11/h4,10,15-16H,5-9H2,1-3H3. The van der Waals surface area contributed by atoms with Gasteiger partial charge in [-0.2, -0.15) is 5.10 Å². The average Bonchev–Trinajstić information content (AvgIpc) is 2.78. The lowest BCUT2D eigenvalue weighted by Crippen LogP contribution is -2.21. The van der Waals surface area contributed by atoms with E-state index in [0.717, 1.165) is 25.9 Å². The number of nitrogens with one attached hydrogen (secondary N) is 2. The number of rotatable bonds is 6. The number of aromatic nitrogens is 2.